The highest BCUT2D eigenvalue weighted by Gasteiger charge is 2.14. The van der Waals surface area contributed by atoms with Gasteiger partial charge in [-0.3, -0.25) is 9.78 Å². The van der Waals surface area contributed by atoms with E-state index in [2.05, 4.69) is 36.9 Å². The van der Waals surface area contributed by atoms with Crippen molar-refractivity contribution in [2.75, 3.05) is 5.32 Å². The number of pyridine rings is 1. The molecule has 1 amide bonds. The summed E-state index contributed by atoms with van der Waals surface area (Å²) < 4.78 is 16.7. The normalized spacial score (nSPS) is 11.0. The van der Waals surface area contributed by atoms with Crippen molar-refractivity contribution in [1.82, 2.24) is 9.55 Å². The first-order chi connectivity index (χ1) is 13.5. The van der Waals surface area contributed by atoms with Crippen molar-refractivity contribution in [3.8, 4) is 0 Å². The Bertz CT molecular complexity index is 1170. The SMILES string of the molecule is Cc1c(NC(=O)c2ccc(Br)cc2F)ccc2cc(Cn3cccc3)cnc12. The maximum atomic E-state index is 14.1. The Morgan fingerprint density at radius 2 is 1.96 bits per heavy atom. The van der Waals surface area contributed by atoms with Crippen molar-refractivity contribution in [2.24, 2.45) is 0 Å². The van der Waals surface area contributed by atoms with Gasteiger partial charge in [-0.25, -0.2) is 4.39 Å². The summed E-state index contributed by atoms with van der Waals surface area (Å²) in [6.07, 6.45) is 5.86. The Balaban J connectivity index is 1.61. The number of nitrogens with one attached hydrogen (secondary N) is 1. The van der Waals surface area contributed by atoms with E-state index < -0.39 is 11.7 Å². The fourth-order valence-corrected chi connectivity index (χ4v) is 3.50. The molecule has 4 nitrogen and oxygen atoms in total. The molecule has 0 aliphatic rings. The van der Waals surface area contributed by atoms with Gasteiger partial charge in [-0.2, -0.15) is 0 Å². The standard InChI is InChI=1S/C22H17BrFN3O/c1-14-20(26-22(28)18-6-5-17(23)11-19(18)24)7-4-16-10-15(12-25-21(14)16)13-27-8-2-3-9-27/h2-12H,13H2,1H3,(H,26,28). The van der Waals surface area contributed by atoms with E-state index in [0.717, 1.165) is 28.6 Å². The van der Waals surface area contributed by atoms with Crippen LogP contribution in [0.2, 0.25) is 0 Å². The second-order valence-corrected chi connectivity index (χ2v) is 7.50. The number of aryl methyl sites for hydroxylation is 1. The highest BCUT2D eigenvalue weighted by atomic mass is 79.9. The van der Waals surface area contributed by atoms with Gasteiger partial charge in [0.1, 0.15) is 5.82 Å². The maximum absolute atomic E-state index is 14.1. The molecule has 0 spiro atoms. The average Bonchev–Trinajstić information content (AvgIpc) is 3.17. The molecule has 2 aromatic heterocycles. The molecule has 0 bridgehead atoms. The van der Waals surface area contributed by atoms with E-state index in [1.54, 1.807) is 6.07 Å². The zero-order valence-electron chi connectivity index (χ0n) is 15.1. The number of carbonyl (C=O) groups excluding carboxylic acids is 1. The number of anilines is 1. The van der Waals surface area contributed by atoms with E-state index >= 15 is 0 Å². The van der Waals surface area contributed by atoms with Crippen molar-refractivity contribution in [1.29, 1.82) is 0 Å². The molecule has 0 aliphatic heterocycles. The van der Waals surface area contributed by atoms with Crippen LogP contribution in [0.25, 0.3) is 10.9 Å². The number of hydrogen-bond donors (Lipinski definition) is 1. The lowest BCUT2D eigenvalue weighted by Crippen LogP contribution is -2.14. The van der Waals surface area contributed by atoms with E-state index in [1.807, 2.05) is 49.8 Å². The number of nitrogens with zero attached hydrogens (tertiary/aromatic N) is 2. The molecular weight excluding hydrogens is 421 g/mol. The summed E-state index contributed by atoms with van der Waals surface area (Å²) in [6, 6.07) is 14.2. The molecule has 0 saturated carbocycles. The minimum absolute atomic E-state index is 0.00210. The lowest BCUT2D eigenvalue weighted by Gasteiger charge is -2.12. The summed E-state index contributed by atoms with van der Waals surface area (Å²) in [7, 11) is 0. The van der Waals surface area contributed by atoms with Gasteiger partial charge in [0.15, 0.2) is 0 Å². The molecule has 4 aromatic rings. The van der Waals surface area contributed by atoms with Crippen LogP contribution >= 0.6 is 15.9 Å². The Morgan fingerprint density at radius 3 is 2.71 bits per heavy atom. The lowest BCUT2D eigenvalue weighted by atomic mass is 10.1. The molecule has 2 aromatic carbocycles. The Labute approximate surface area is 170 Å². The molecule has 1 N–H and O–H groups in total. The van der Waals surface area contributed by atoms with Crippen LogP contribution < -0.4 is 5.32 Å². The molecule has 0 aliphatic carbocycles. The summed E-state index contributed by atoms with van der Waals surface area (Å²) in [5, 5.41) is 3.79. The van der Waals surface area contributed by atoms with Gasteiger partial charge in [0, 0.05) is 40.7 Å². The van der Waals surface area contributed by atoms with Gasteiger partial charge in [0.25, 0.3) is 5.91 Å². The first-order valence-corrected chi connectivity index (χ1v) is 9.56. The molecule has 0 saturated heterocycles. The quantitative estimate of drug-likeness (QED) is 0.455. The third-order valence-corrected chi connectivity index (χ3v) is 5.11. The monoisotopic (exact) mass is 437 g/mol. The Hall–Kier alpha value is -2.99. The summed E-state index contributed by atoms with van der Waals surface area (Å²) in [5.74, 6) is -1.06. The summed E-state index contributed by atoms with van der Waals surface area (Å²) in [6.45, 7) is 2.64. The second-order valence-electron chi connectivity index (χ2n) is 6.59. The first-order valence-electron chi connectivity index (χ1n) is 8.76. The maximum Gasteiger partial charge on any atom is 0.258 e. The summed E-state index contributed by atoms with van der Waals surface area (Å²) in [5.41, 5.74) is 3.36. The third kappa shape index (κ3) is 3.68. The molecule has 0 fully saturated rings. The third-order valence-electron chi connectivity index (χ3n) is 4.62. The highest BCUT2D eigenvalue weighted by Crippen LogP contribution is 2.26. The largest absolute Gasteiger partial charge is 0.350 e. The van der Waals surface area contributed by atoms with Crippen LogP contribution in [0.3, 0.4) is 0 Å². The lowest BCUT2D eigenvalue weighted by molar-refractivity contribution is 0.102. The van der Waals surface area contributed by atoms with Gasteiger partial charge in [-0.05, 0) is 60.5 Å². The van der Waals surface area contributed by atoms with Gasteiger partial charge >= 0.3 is 0 Å². The zero-order valence-corrected chi connectivity index (χ0v) is 16.7. The van der Waals surface area contributed by atoms with Crippen molar-refractivity contribution in [3.05, 3.63) is 94.1 Å². The number of carbonyl (C=O) groups is 1. The van der Waals surface area contributed by atoms with Gasteiger partial charge in [-0.1, -0.05) is 22.0 Å². The van der Waals surface area contributed by atoms with Crippen LogP contribution in [0, 0.1) is 12.7 Å². The van der Waals surface area contributed by atoms with Crippen LogP contribution in [0.15, 0.2) is 71.6 Å². The van der Waals surface area contributed by atoms with Crippen LogP contribution in [0.1, 0.15) is 21.5 Å². The molecule has 4 rings (SSSR count). The van der Waals surface area contributed by atoms with E-state index in [1.165, 1.54) is 12.1 Å². The molecule has 0 unspecified atom stereocenters. The fourth-order valence-electron chi connectivity index (χ4n) is 3.16. The minimum Gasteiger partial charge on any atom is -0.350 e. The zero-order chi connectivity index (χ0) is 19.7. The van der Waals surface area contributed by atoms with Crippen LogP contribution in [0.4, 0.5) is 10.1 Å². The summed E-state index contributed by atoms with van der Waals surface area (Å²) in [4.78, 5) is 17.1. The van der Waals surface area contributed by atoms with Crippen molar-refractivity contribution in [2.45, 2.75) is 13.5 Å². The first kappa shape index (κ1) is 18.4. The predicted molar refractivity (Wildman–Crippen MR) is 112 cm³/mol. The smallest absolute Gasteiger partial charge is 0.258 e. The number of fused-ring (bicyclic) bond motifs is 1. The molecule has 28 heavy (non-hydrogen) atoms. The summed E-state index contributed by atoms with van der Waals surface area (Å²) >= 11 is 3.19. The molecular formula is C22H17BrFN3O. The average molecular weight is 438 g/mol. The van der Waals surface area contributed by atoms with E-state index in [9.17, 15) is 9.18 Å². The van der Waals surface area contributed by atoms with E-state index in [0.29, 0.717) is 10.2 Å². The minimum atomic E-state index is -0.571. The Morgan fingerprint density at radius 1 is 1.18 bits per heavy atom. The molecule has 6 heteroatoms. The van der Waals surface area contributed by atoms with Gasteiger partial charge in [0.05, 0.1) is 11.1 Å². The molecule has 140 valence electrons. The molecule has 2 heterocycles. The van der Waals surface area contributed by atoms with Crippen LogP contribution in [-0.2, 0) is 6.54 Å². The number of halogens is 2. The number of hydrogen-bond acceptors (Lipinski definition) is 2. The number of aromatic nitrogens is 2. The number of amides is 1. The van der Waals surface area contributed by atoms with E-state index in [4.69, 9.17) is 0 Å². The van der Waals surface area contributed by atoms with Crippen molar-refractivity contribution < 1.29 is 9.18 Å². The van der Waals surface area contributed by atoms with Gasteiger partial charge in [0.2, 0.25) is 0 Å². The number of benzene rings is 2. The van der Waals surface area contributed by atoms with Gasteiger partial charge in [-0.15, -0.1) is 0 Å². The Kier molecular flexibility index (Phi) is 4.96. The topological polar surface area (TPSA) is 46.9 Å². The fraction of sp³-hybridized carbons (Fsp3) is 0.0909. The molecule has 0 radical (unpaired) electrons. The van der Waals surface area contributed by atoms with Crippen LogP contribution in [-0.4, -0.2) is 15.5 Å². The molecule has 0 atom stereocenters. The van der Waals surface area contributed by atoms with E-state index in [-0.39, 0.29) is 5.56 Å². The predicted octanol–water partition coefficient (Wildman–Crippen LogP) is 5.55. The van der Waals surface area contributed by atoms with Gasteiger partial charge < -0.3 is 9.88 Å². The van der Waals surface area contributed by atoms with Crippen molar-refractivity contribution >= 4 is 38.4 Å². The van der Waals surface area contributed by atoms with Crippen LogP contribution in [0.5, 0.6) is 0 Å². The number of rotatable bonds is 4. The van der Waals surface area contributed by atoms with Crippen molar-refractivity contribution in [3.63, 3.8) is 0 Å². The highest BCUT2D eigenvalue weighted by molar-refractivity contribution is 9.10. The second kappa shape index (κ2) is 7.56.